The molecular weight excluding hydrogens is 1930 g/mol. The predicted octanol–water partition coefficient (Wildman–Crippen LogP) is 18.2. The molecule has 5 aromatic heterocycles. The summed E-state index contributed by atoms with van der Waals surface area (Å²) in [6.45, 7) is 24.4. The van der Waals surface area contributed by atoms with E-state index in [-0.39, 0.29) is 106 Å². The Hall–Kier alpha value is -5.75. The molecule has 0 atom stereocenters. The largest absolute Gasteiger partial charge is 0.305 e. The van der Waals surface area contributed by atoms with Gasteiger partial charge in [-0.2, -0.15) is 0 Å². The van der Waals surface area contributed by atoms with E-state index >= 15 is 0 Å². The monoisotopic (exact) mass is 2000 g/mol. The third-order valence-corrected chi connectivity index (χ3v) is 12.8. The van der Waals surface area contributed by atoms with Crippen molar-refractivity contribution in [1.82, 2.24) is 24.9 Å². The van der Waals surface area contributed by atoms with Crippen LogP contribution in [0.15, 0.2) is 189 Å². The predicted molar refractivity (Wildman–Crippen MR) is 325 cm³/mol. The number of rotatable bonds is 6. The van der Waals surface area contributed by atoms with Crippen LogP contribution < -0.4 is 0 Å². The summed E-state index contributed by atoms with van der Waals surface area (Å²) in [7, 11) is 0. The van der Waals surface area contributed by atoms with Gasteiger partial charge >= 0.3 is 0 Å². The van der Waals surface area contributed by atoms with Crippen molar-refractivity contribution in [2.75, 3.05) is 0 Å². The van der Waals surface area contributed by atoms with Crippen molar-refractivity contribution in [3.05, 3.63) is 292 Å². The summed E-state index contributed by atoms with van der Waals surface area (Å²) in [5.74, 6) is -0.185. The molecule has 0 spiro atoms. The van der Waals surface area contributed by atoms with Gasteiger partial charge in [0.05, 0.1) is 0 Å². The van der Waals surface area contributed by atoms with Gasteiger partial charge in [0.25, 0.3) is 0 Å². The van der Waals surface area contributed by atoms with E-state index in [1.807, 2.05) is 104 Å². The van der Waals surface area contributed by atoms with Crippen LogP contribution in [-0.2, 0) is 101 Å². The number of nitrogens with zero attached hydrogens (tertiary/aromatic N) is 5. The zero-order chi connectivity index (χ0) is 56.4. The van der Waals surface area contributed by atoms with E-state index in [9.17, 15) is 4.39 Å². The van der Waals surface area contributed by atoms with E-state index in [4.69, 9.17) is 0 Å². The fourth-order valence-electron chi connectivity index (χ4n) is 8.82. The first-order valence-corrected chi connectivity index (χ1v) is 26.4. The van der Waals surface area contributed by atoms with Gasteiger partial charge in [0.15, 0.2) is 0 Å². The molecule has 5 radical (unpaired) electrons. The fraction of sp³-hybridized carbons (Fsp3) is 0.164. The molecule has 5 heterocycles. The second-order valence-electron chi connectivity index (χ2n) is 19.8. The second kappa shape index (κ2) is 36.9. The summed E-state index contributed by atoms with van der Waals surface area (Å²) in [5, 5.41) is 0. The van der Waals surface area contributed by atoms with Crippen LogP contribution in [0.25, 0.3) is 67.4 Å². The average molecular weight is 1990 g/mol. The molecule has 0 saturated heterocycles. The molecule has 11 heteroatoms. The number of aromatic nitrogens is 5. The van der Waals surface area contributed by atoms with E-state index in [1.165, 1.54) is 55.6 Å². The van der Waals surface area contributed by atoms with E-state index in [0.29, 0.717) is 11.1 Å². The first-order chi connectivity index (χ1) is 38.0. The third-order valence-electron chi connectivity index (χ3n) is 12.8. The number of hydrogen-bond acceptors (Lipinski definition) is 5. The number of halogens is 1. The Morgan fingerprint density at radius 1 is 0.345 bits per heavy atom. The maximum absolute atomic E-state index is 13.4. The van der Waals surface area contributed by atoms with Gasteiger partial charge in [-0.1, -0.05) is 131 Å². The van der Waals surface area contributed by atoms with Crippen LogP contribution in [0.2, 0.25) is 0 Å². The van der Waals surface area contributed by atoms with Gasteiger partial charge in [-0.25, -0.2) is 0 Å². The summed E-state index contributed by atoms with van der Waals surface area (Å²) < 4.78 is 13.4. The zero-order valence-electron chi connectivity index (χ0n) is 49.2. The molecule has 0 aliphatic carbocycles. The van der Waals surface area contributed by atoms with Crippen LogP contribution in [-0.4, -0.2) is 24.9 Å². The smallest absolute Gasteiger partial charge is 0.0437 e. The molecule has 0 N–H and O–H groups in total. The summed E-state index contributed by atoms with van der Waals surface area (Å²) >= 11 is 0. The SMILES string of the molecule is Cc1[c-]c(-c2ccccn2)cc(C)c1.Cc1[c-]c(-c2ccccn2)cc(C)c1F.Cc1cc[c-]c(-c2cc(C)c(C)cn2)c1.Cc1cc[c-]c(-c2cc(C)cc(C)n2)c1.Cc1cccc(C)c1-c1ccc(-c2[c-]cccc2)nc1.[Ir].[Ir].[Ir].[Ir].[Ir]. The zero-order valence-corrected chi connectivity index (χ0v) is 61.2. The topological polar surface area (TPSA) is 64.5 Å². The van der Waals surface area contributed by atoms with Crippen molar-refractivity contribution in [1.29, 1.82) is 0 Å². The van der Waals surface area contributed by atoms with Crippen LogP contribution in [0, 0.1) is 119 Å². The molecule has 0 amide bonds. The molecule has 0 bridgehead atoms. The summed E-state index contributed by atoms with van der Waals surface area (Å²) in [6.07, 6.45) is 7.39. The summed E-state index contributed by atoms with van der Waals surface area (Å²) in [5.41, 5.74) is 25.7. The van der Waals surface area contributed by atoms with Crippen molar-refractivity contribution in [3.8, 4) is 67.4 Å². The van der Waals surface area contributed by atoms with Gasteiger partial charge in [0.2, 0.25) is 0 Å². The van der Waals surface area contributed by atoms with Crippen molar-refractivity contribution in [2.24, 2.45) is 0 Å². The van der Waals surface area contributed by atoms with Crippen molar-refractivity contribution in [3.63, 3.8) is 0 Å². The Bertz CT molecular complexity index is 3690. The number of pyridine rings is 5. The van der Waals surface area contributed by atoms with Gasteiger partial charge < -0.3 is 24.9 Å². The Morgan fingerprint density at radius 2 is 0.881 bits per heavy atom. The minimum absolute atomic E-state index is 0. The quantitative estimate of drug-likeness (QED) is 0.155. The van der Waals surface area contributed by atoms with E-state index in [1.54, 1.807) is 32.3 Å². The third kappa shape index (κ3) is 22.3. The van der Waals surface area contributed by atoms with Crippen LogP contribution >= 0.6 is 0 Å². The molecule has 0 aliphatic heterocycles. The molecule has 0 fully saturated rings. The van der Waals surface area contributed by atoms with Gasteiger partial charge in [-0.05, 0) is 116 Å². The molecular formula is C73H67FIr5N5-5. The van der Waals surface area contributed by atoms with Crippen molar-refractivity contribution < 1.29 is 105 Å². The number of aryl methyl sites for hydroxylation is 12. The van der Waals surface area contributed by atoms with Crippen LogP contribution in [0.5, 0.6) is 0 Å². The first kappa shape index (κ1) is 74.3. The maximum Gasteiger partial charge on any atom is 0.0437 e. The van der Waals surface area contributed by atoms with Gasteiger partial charge in [-0.3, -0.25) is 4.39 Å². The molecule has 5 nitrogen and oxygen atoms in total. The summed E-state index contributed by atoms with van der Waals surface area (Å²) in [6, 6.07) is 70.5. The van der Waals surface area contributed by atoms with Crippen LogP contribution in [0.1, 0.15) is 66.9 Å². The van der Waals surface area contributed by atoms with Crippen LogP contribution in [0.3, 0.4) is 0 Å². The van der Waals surface area contributed by atoms with E-state index in [0.717, 1.165) is 67.5 Å². The normalized spacial score (nSPS) is 9.73. The minimum Gasteiger partial charge on any atom is -0.305 e. The molecule has 0 saturated carbocycles. The average Bonchev–Trinajstić information content (AvgIpc) is 3.48. The minimum atomic E-state index is -0.185. The van der Waals surface area contributed by atoms with Crippen molar-refractivity contribution in [2.45, 2.75) is 83.1 Å². The molecule has 0 unspecified atom stereocenters. The fourth-order valence-corrected chi connectivity index (χ4v) is 8.82. The van der Waals surface area contributed by atoms with Crippen molar-refractivity contribution >= 4 is 0 Å². The van der Waals surface area contributed by atoms with Gasteiger partial charge in [0, 0.05) is 137 Å². The van der Waals surface area contributed by atoms with Gasteiger partial charge in [-0.15, -0.1) is 159 Å². The maximum atomic E-state index is 13.4. The standard InChI is InChI=1S/C19H16N.2C14H14N.C13H11FN.C13H12N.5Ir/c1-14-7-6-8-15(2)19(14)17-11-12-18(20-13-17)16-9-4-3-5-10-16;1-10-5-4-6-13(8-10)14-9-11(2)7-12(3)15-14;1-10-5-4-6-13(7-10)14-8-11(2)12(3)9-15-14;1-9-7-11(8-10(2)13(9)14)12-5-3-4-6-15-12;1-10-7-11(2)9-12(8-10)13-5-3-4-6-14-13;;;;;/h3-9,11-13H,1-2H3;2*4-5,7-9H,1-3H3;3-7H,1-2H3;3-8H,1-2H3;;;;;/q5*-1;;;;;. The Labute approximate surface area is 566 Å². The molecule has 11 aromatic rings. The Morgan fingerprint density at radius 3 is 1.38 bits per heavy atom. The Kier molecular flexibility index (Phi) is 32.7. The van der Waals surface area contributed by atoms with Crippen LogP contribution in [0.4, 0.5) is 4.39 Å². The number of benzene rings is 6. The Balaban J connectivity index is 0.000000355. The molecule has 0 aliphatic rings. The van der Waals surface area contributed by atoms with E-state index in [2.05, 4.69) is 190 Å². The summed E-state index contributed by atoms with van der Waals surface area (Å²) in [4.78, 5) is 22.0. The van der Waals surface area contributed by atoms with Gasteiger partial charge in [0.1, 0.15) is 0 Å². The second-order valence-corrected chi connectivity index (χ2v) is 19.8. The van der Waals surface area contributed by atoms with E-state index < -0.39 is 0 Å². The number of hydrogen-bond donors (Lipinski definition) is 0. The first-order valence-electron chi connectivity index (χ1n) is 26.4. The molecule has 84 heavy (non-hydrogen) atoms. The molecule has 441 valence electrons. The molecule has 11 rings (SSSR count). The molecule has 6 aromatic carbocycles.